The fourth-order valence-electron chi connectivity index (χ4n) is 0.748. The van der Waals surface area contributed by atoms with Crippen molar-refractivity contribution >= 4 is 26.1 Å². The molecular formula is C4H17NSi3. The molecule has 0 amide bonds. The third kappa shape index (κ3) is 3.59. The lowest BCUT2D eigenvalue weighted by atomic mass is 10.6. The highest BCUT2D eigenvalue weighted by molar-refractivity contribution is 7.38. The van der Waals surface area contributed by atoms with Gasteiger partial charge in [-0.3, -0.25) is 0 Å². The number of rotatable bonds is 3. The van der Waals surface area contributed by atoms with Crippen LogP contribution in [-0.4, -0.2) is 26.1 Å². The standard InChI is InChI=1S/C4H17NSi3/c1-3-4-8(2,5)7-6/h3-5,7H2,1-2,6H3. The third-order valence-electron chi connectivity index (χ3n) is 1.63. The molecule has 0 spiro atoms. The van der Waals surface area contributed by atoms with Crippen molar-refractivity contribution in [3.8, 4) is 0 Å². The van der Waals surface area contributed by atoms with Crippen LogP contribution in [0.25, 0.3) is 0 Å². The summed E-state index contributed by atoms with van der Waals surface area (Å²) < 4.78 is 0. The van der Waals surface area contributed by atoms with Gasteiger partial charge in [-0.15, -0.1) is 0 Å². The zero-order valence-corrected chi connectivity index (χ0v) is 10.6. The van der Waals surface area contributed by atoms with E-state index in [0.29, 0.717) is 0 Å². The SMILES string of the molecule is CCC[Si](C)(N)[SiH2][SiH3]. The molecule has 0 aliphatic rings. The molecule has 0 saturated carbocycles. The Morgan fingerprint density at radius 3 is 2.38 bits per heavy atom. The third-order valence-corrected chi connectivity index (χ3v) is 25.3. The Morgan fingerprint density at radius 2 is 2.25 bits per heavy atom. The van der Waals surface area contributed by atoms with Gasteiger partial charge in [0.05, 0.1) is 7.75 Å². The number of nitrogens with two attached hydrogens (primary N) is 1. The van der Waals surface area contributed by atoms with Gasteiger partial charge in [0.2, 0.25) is 0 Å². The van der Waals surface area contributed by atoms with Gasteiger partial charge in [-0.1, -0.05) is 19.9 Å². The van der Waals surface area contributed by atoms with E-state index in [0.717, 1.165) is 0 Å². The Bertz CT molecular complexity index is 64.3. The molecule has 0 aromatic heterocycles. The summed E-state index contributed by atoms with van der Waals surface area (Å²) in [6.45, 7) is 4.58. The van der Waals surface area contributed by atoms with Crippen molar-refractivity contribution in [2.45, 2.75) is 25.9 Å². The van der Waals surface area contributed by atoms with Crippen LogP contribution in [0.5, 0.6) is 0 Å². The van der Waals surface area contributed by atoms with Crippen molar-refractivity contribution in [1.29, 1.82) is 0 Å². The molecule has 0 heterocycles. The van der Waals surface area contributed by atoms with Crippen molar-refractivity contribution in [3.63, 3.8) is 0 Å². The molecule has 4 heteroatoms. The number of hydrogen-bond donors (Lipinski definition) is 1. The molecule has 1 unspecified atom stereocenters. The molecule has 1 nitrogen and oxygen atoms in total. The van der Waals surface area contributed by atoms with Gasteiger partial charge in [0.1, 0.15) is 0 Å². The van der Waals surface area contributed by atoms with Gasteiger partial charge in [-0.25, -0.2) is 0 Å². The predicted molar refractivity (Wildman–Crippen MR) is 49.4 cm³/mol. The van der Waals surface area contributed by atoms with Crippen molar-refractivity contribution in [2.24, 2.45) is 5.40 Å². The minimum atomic E-state index is -0.977. The largest absolute Gasteiger partial charge is 0.353 e. The van der Waals surface area contributed by atoms with Gasteiger partial charge in [0.15, 0.2) is 0 Å². The van der Waals surface area contributed by atoms with Crippen LogP contribution in [0.1, 0.15) is 13.3 Å². The minimum Gasteiger partial charge on any atom is -0.353 e. The molecular weight excluding hydrogens is 146 g/mol. The van der Waals surface area contributed by atoms with Crippen molar-refractivity contribution in [2.75, 3.05) is 0 Å². The first-order valence-corrected chi connectivity index (χ1v) is 14.2. The predicted octanol–water partition coefficient (Wildman–Crippen LogP) is -1.12. The molecule has 0 fully saturated rings. The highest BCUT2D eigenvalue weighted by Gasteiger charge is 2.16. The van der Waals surface area contributed by atoms with Crippen LogP contribution < -0.4 is 5.40 Å². The maximum absolute atomic E-state index is 6.06. The molecule has 0 aromatic rings. The van der Waals surface area contributed by atoms with Gasteiger partial charge in [0, 0.05) is 8.55 Å². The first-order chi connectivity index (χ1) is 3.62. The topological polar surface area (TPSA) is 26.0 Å². The normalized spacial score (nSPS) is 19.9. The van der Waals surface area contributed by atoms with E-state index in [2.05, 4.69) is 13.5 Å². The van der Waals surface area contributed by atoms with Crippen LogP contribution in [0.3, 0.4) is 0 Å². The van der Waals surface area contributed by atoms with Crippen molar-refractivity contribution in [1.82, 2.24) is 0 Å². The van der Waals surface area contributed by atoms with Gasteiger partial charge < -0.3 is 5.40 Å². The Morgan fingerprint density at radius 1 is 1.75 bits per heavy atom. The summed E-state index contributed by atoms with van der Waals surface area (Å²) in [6.07, 6.45) is 1.31. The molecule has 0 rings (SSSR count). The Labute approximate surface area is 58.0 Å². The highest BCUT2D eigenvalue weighted by Crippen LogP contribution is 2.00. The molecule has 0 aliphatic heterocycles. The lowest BCUT2D eigenvalue weighted by Crippen LogP contribution is -2.49. The second kappa shape index (κ2) is 3.60. The second-order valence-corrected chi connectivity index (χ2v) is 20.6. The summed E-state index contributed by atoms with van der Waals surface area (Å²) >= 11 is 0. The minimum absolute atomic E-state index is 0.286. The highest BCUT2D eigenvalue weighted by atomic mass is 29.5. The van der Waals surface area contributed by atoms with E-state index in [4.69, 9.17) is 5.40 Å². The molecule has 8 heavy (non-hydrogen) atoms. The summed E-state index contributed by atoms with van der Waals surface area (Å²) in [4.78, 5) is 0. The van der Waals surface area contributed by atoms with E-state index in [-0.39, 0.29) is 8.55 Å². The lowest BCUT2D eigenvalue weighted by Gasteiger charge is -2.17. The summed E-state index contributed by atoms with van der Waals surface area (Å²) in [5.74, 6) is 0. The fourth-order valence-corrected chi connectivity index (χ4v) is 7.55. The van der Waals surface area contributed by atoms with E-state index in [1.807, 2.05) is 0 Å². The molecule has 0 saturated heterocycles. The van der Waals surface area contributed by atoms with Crippen LogP contribution >= 0.6 is 0 Å². The number of hydrogen-bond acceptors (Lipinski definition) is 1. The molecule has 0 radical (unpaired) electrons. The van der Waals surface area contributed by atoms with Gasteiger partial charge in [-0.2, -0.15) is 0 Å². The zero-order valence-electron chi connectivity index (χ0n) is 6.20. The molecule has 1 atom stereocenters. The average molecular weight is 163 g/mol. The van der Waals surface area contributed by atoms with Crippen LogP contribution in [0, 0.1) is 0 Å². The van der Waals surface area contributed by atoms with Crippen LogP contribution in [0.4, 0.5) is 0 Å². The van der Waals surface area contributed by atoms with Crippen LogP contribution in [0.2, 0.25) is 12.6 Å². The molecule has 0 bridgehead atoms. The first kappa shape index (κ1) is 8.61. The van der Waals surface area contributed by atoms with E-state index < -0.39 is 7.75 Å². The second-order valence-electron chi connectivity index (χ2n) is 2.76. The Kier molecular flexibility index (Phi) is 3.88. The summed E-state index contributed by atoms with van der Waals surface area (Å²) in [5, 5.41) is 6.06. The van der Waals surface area contributed by atoms with Crippen molar-refractivity contribution in [3.05, 3.63) is 0 Å². The summed E-state index contributed by atoms with van der Waals surface area (Å²) in [7, 11) is 0.747. The average Bonchev–Trinajstić information content (AvgIpc) is 1.67. The van der Waals surface area contributed by atoms with Gasteiger partial charge in [0.25, 0.3) is 0 Å². The quantitative estimate of drug-likeness (QED) is 0.524. The fraction of sp³-hybridized carbons (Fsp3) is 1.00. The molecule has 0 aliphatic carbocycles. The van der Waals surface area contributed by atoms with Gasteiger partial charge >= 0.3 is 0 Å². The van der Waals surface area contributed by atoms with E-state index in [1.54, 1.807) is 0 Å². The summed E-state index contributed by atoms with van der Waals surface area (Å²) in [5.41, 5.74) is 0. The van der Waals surface area contributed by atoms with Crippen molar-refractivity contribution < 1.29 is 0 Å². The van der Waals surface area contributed by atoms with E-state index in [1.165, 1.54) is 22.2 Å². The maximum atomic E-state index is 6.06. The zero-order chi connectivity index (χ0) is 6.62. The first-order valence-electron chi connectivity index (χ1n) is 3.41. The van der Waals surface area contributed by atoms with E-state index in [9.17, 15) is 0 Å². The lowest BCUT2D eigenvalue weighted by molar-refractivity contribution is 1.05. The van der Waals surface area contributed by atoms with Crippen LogP contribution in [-0.2, 0) is 0 Å². The van der Waals surface area contributed by atoms with E-state index >= 15 is 0 Å². The van der Waals surface area contributed by atoms with Crippen LogP contribution in [0.15, 0.2) is 0 Å². The molecule has 50 valence electrons. The maximum Gasteiger partial charge on any atom is 0.0984 e. The monoisotopic (exact) mass is 163 g/mol. The Hall–Kier alpha value is 0.611. The molecule has 0 aromatic carbocycles. The van der Waals surface area contributed by atoms with Gasteiger partial charge in [-0.05, 0) is 15.8 Å². The molecule has 2 N–H and O–H groups in total. The smallest absolute Gasteiger partial charge is 0.0984 e. The Balaban J connectivity index is 3.37. The summed E-state index contributed by atoms with van der Waals surface area (Å²) in [6, 6.07) is 1.38.